The lowest BCUT2D eigenvalue weighted by Crippen LogP contribution is -2.39. The van der Waals surface area contributed by atoms with Crippen LogP contribution >= 0.6 is 0 Å². The summed E-state index contributed by atoms with van der Waals surface area (Å²) in [6, 6.07) is 8.01. The Labute approximate surface area is 96.6 Å². The smallest absolute Gasteiger partial charge is 0.359 e. The number of nitrogens with zero attached hydrogens (tertiary/aromatic N) is 2. The van der Waals surface area contributed by atoms with Crippen LogP contribution in [0.15, 0.2) is 35.3 Å². The van der Waals surface area contributed by atoms with Crippen molar-refractivity contribution in [2.75, 3.05) is 14.1 Å². The van der Waals surface area contributed by atoms with Gasteiger partial charge in [0.25, 0.3) is 0 Å². The predicted octanol–water partition coefficient (Wildman–Crippen LogP) is 2.41. The van der Waals surface area contributed by atoms with Crippen LogP contribution in [0.1, 0.15) is 0 Å². The van der Waals surface area contributed by atoms with Gasteiger partial charge in [-0.25, -0.2) is 4.99 Å². The van der Waals surface area contributed by atoms with Gasteiger partial charge >= 0.3 is 12.0 Å². The van der Waals surface area contributed by atoms with Crippen LogP contribution < -0.4 is 0 Å². The van der Waals surface area contributed by atoms with E-state index in [1.165, 1.54) is 26.2 Å². The van der Waals surface area contributed by atoms with Crippen LogP contribution in [0.4, 0.5) is 18.9 Å². The lowest BCUT2D eigenvalue weighted by atomic mass is 10.3. The fourth-order valence-electron chi connectivity index (χ4n) is 1.11. The second kappa shape index (κ2) is 4.99. The fourth-order valence-corrected chi connectivity index (χ4v) is 1.11. The molecule has 6 heteroatoms. The van der Waals surface area contributed by atoms with Gasteiger partial charge in [-0.2, -0.15) is 13.2 Å². The molecule has 0 atom stereocenters. The van der Waals surface area contributed by atoms with Crippen molar-refractivity contribution in [2.45, 2.75) is 6.18 Å². The van der Waals surface area contributed by atoms with Gasteiger partial charge in [-0.3, -0.25) is 4.79 Å². The molecule has 0 amide bonds. The number of rotatable bonds is 2. The van der Waals surface area contributed by atoms with Gasteiger partial charge in [0.2, 0.25) is 0 Å². The molecule has 0 aromatic heterocycles. The summed E-state index contributed by atoms with van der Waals surface area (Å²) in [5.74, 6) is -2.59. The standard InChI is InChI=1S/C11H11F3N2O/c1-16(2)10(9(17)11(12,13)14)15-8-6-4-3-5-7-8/h3-7H,1-2H3. The lowest BCUT2D eigenvalue weighted by molar-refractivity contribution is -0.163. The molecule has 17 heavy (non-hydrogen) atoms. The average Bonchev–Trinajstić information content (AvgIpc) is 2.24. The Morgan fingerprint density at radius 1 is 1.18 bits per heavy atom. The van der Waals surface area contributed by atoms with E-state index < -0.39 is 17.8 Å². The number of benzene rings is 1. The van der Waals surface area contributed by atoms with Crippen molar-refractivity contribution < 1.29 is 18.0 Å². The Balaban J connectivity index is 3.11. The first-order chi connectivity index (χ1) is 7.82. The summed E-state index contributed by atoms with van der Waals surface area (Å²) in [5, 5.41) is 0. The van der Waals surface area contributed by atoms with Gasteiger partial charge in [-0.15, -0.1) is 0 Å². The van der Waals surface area contributed by atoms with Gasteiger partial charge in [-0.1, -0.05) is 18.2 Å². The normalized spacial score (nSPS) is 12.4. The maximum atomic E-state index is 12.3. The van der Waals surface area contributed by atoms with Gasteiger partial charge < -0.3 is 4.90 Å². The predicted molar refractivity (Wildman–Crippen MR) is 58.3 cm³/mol. The lowest BCUT2D eigenvalue weighted by Gasteiger charge is -2.15. The second-order valence-electron chi connectivity index (χ2n) is 3.49. The maximum Gasteiger partial charge on any atom is 0.458 e. The highest BCUT2D eigenvalue weighted by molar-refractivity contribution is 6.41. The molecule has 0 aliphatic heterocycles. The zero-order chi connectivity index (χ0) is 13.1. The van der Waals surface area contributed by atoms with E-state index in [0.717, 1.165) is 4.90 Å². The van der Waals surface area contributed by atoms with E-state index in [9.17, 15) is 18.0 Å². The molecule has 0 saturated heterocycles. The highest BCUT2D eigenvalue weighted by atomic mass is 19.4. The molecule has 0 unspecified atom stereocenters. The molecule has 0 aliphatic rings. The van der Waals surface area contributed by atoms with E-state index in [1.807, 2.05) is 0 Å². The number of ketones is 1. The van der Waals surface area contributed by atoms with Crippen molar-refractivity contribution >= 4 is 17.3 Å². The monoisotopic (exact) mass is 244 g/mol. The van der Waals surface area contributed by atoms with Crippen molar-refractivity contribution in [1.82, 2.24) is 4.90 Å². The van der Waals surface area contributed by atoms with E-state index in [4.69, 9.17) is 0 Å². The minimum absolute atomic E-state index is 0.300. The summed E-state index contributed by atoms with van der Waals surface area (Å²) >= 11 is 0. The largest absolute Gasteiger partial charge is 0.458 e. The number of aliphatic imine (C=N–C) groups is 1. The maximum absolute atomic E-state index is 12.3. The third-order valence-corrected chi connectivity index (χ3v) is 1.88. The SMILES string of the molecule is CN(C)C(=Nc1ccccc1)C(=O)C(F)(F)F. The molecule has 1 aromatic carbocycles. The number of hydrogen-bond donors (Lipinski definition) is 0. The highest BCUT2D eigenvalue weighted by Gasteiger charge is 2.42. The van der Waals surface area contributed by atoms with Crippen molar-refractivity contribution in [3.63, 3.8) is 0 Å². The minimum Gasteiger partial charge on any atom is -0.359 e. The summed E-state index contributed by atoms with van der Waals surface area (Å²) in [6.07, 6.45) is -4.92. The van der Waals surface area contributed by atoms with Crippen LogP contribution in [0.5, 0.6) is 0 Å². The number of amidine groups is 1. The van der Waals surface area contributed by atoms with Crippen LogP contribution in [0.2, 0.25) is 0 Å². The summed E-state index contributed by atoms with van der Waals surface area (Å²) in [6.45, 7) is 0. The zero-order valence-electron chi connectivity index (χ0n) is 9.32. The van der Waals surface area contributed by atoms with Crippen LogP contribution in [-0.2, 0) is 4.79 Å². The number of carbonyl (C=O) groups is 1. The molecule has 1 rings (SSSR count). The molecule has 0 radical (unpaired) electrons. The molecule has 0 heterocycles. The number of Topliss-reactive ketones (excluding diaryl/α,β-unsaturated/α-hetero) is 1. The Bertz CT molecular complexity index is 424. The third kappa shape index (κ3) is 3.58. The van der Waals surface area contributed by atoms with Crippen LogP contribution in [0, 0.1) is 0 Å². The summed E-state index contributed by atoms with van der Waals surface area (Å²) in [7, 11) is 2.68. The number of likely N-dealkylation sites (N-methyl/N-ethyl adjacent to an activating group) is 1. The summed E-state index contributed by atoms with van der Waals surface area (Å²) < 4.78 is 36.9. The first-order valence-corrected chi connectivity index (χ1v) is 4.75. The van der Waals surface area contributed by atoms with Gasteiger partial charge in [0.15, 0.2) is 5.84 Å². The molecule has 0 spiro atoms. The van der Waals surface area contributed by atoms with Crippen molar-refractivity contribution in [3.05, 3.63) is 30.3 Å². The van der Waals surface area contributed by atoms with E-state index in [0.29, 0.717) is 5.69 Å². The van der Waals surface area contributed by atoms with E-state index in [1.54, 1.807) is 18.2 Å². The summed E-state index contributed by atoms with van der Waals surface area (Å²) in [4.78, 5) is 15.9. The Hall–Kier alpha value is -1.85. The Morgan fingerprint density at radius 3 is 2.12 bits per heavy atom. The fraction of sp³-hybridized carbons (Fsp3) is 0.273. The molecule has 3 nitrogen and oxygen atoms in total. The van der Waals surface area contributed by atoms with Crippen molar-refractivity contribution in [1.29, 1.82) is 0 Å². The van der Waals surface area contributed by atoms with Crippen LogP contribution in [0.3, 0.4) is 0 Å². The van der Waals surface area contributed by atoms with E-state index in [-0.39, 0.29) is 0 Å². The first-order valence-electron chi connectivity index (χ1n) is 4.75. The highest BCUT2D eigenvalue weighted by Crippen LogP contribution is 2.19. The average molecular weight is 244 g/mol. The minimum atomic E-state index is -4.92. The number of para-hydroxylation sites is 1. The molecule has 0 aliphatic carbocycles. The van der Waals surface area contributed by atoms with Gasteiger partial charge in [-0.05, 0) is 12.1 Å². The Kier molecular flexibility index (Phi) is 3.88. The number of hydrogen-bond acceptors (Lipinski definition) is 2. The molecule has 0 N–H and O–H groups in total. The van der Waals surface area contributed by atoms with E-state index >= 15 is 0 Å². The molecule has 1 aromatic rings. The molecule has 0 fully saturated rings. The molecule has 0 bridgehead atoms. The third-order valence-electron chi connectivity index (χ3n) is 1.88. The van der Waals surface area contributed by atoms with Gasteiger partial charge in [0.1, 0.15) is 0 Å². The molecular formula is C11H11F3N2O. The first kappa shape index (κ1) is 13.2. The van der Waals surface area contributed by atoms with E-state index in [2.05, 4.69) is 4.99 Å². The van der Waals surface area contributed by atoms with Crippen molar-refractivity contribution in [3.8, 4) is 0 Å². The van der Waals surface area contributed by atoms with Crippen LogP contribution in [-0.4, -0.2) is 36.8 Å². The summed E-state index contributed by atoms with van der Waals surface area (Å²) in [5.41, 5.74) is 0.300. The number of halogens is 3. The van der Waals surface area contributed by atoms with Gasteiger partial charge in [0.05, 0.1) is 5.69 Å². The van der Waals surface area contributed by atoms with Crippen LogP contribution in [0.25, 0.3) is 0 Å². The number of alkyl halides is 3. The topological polar surface area (TPSA) is 32.7 Å². The zero-order valence-corrected chi connectivity index (χ0v) is 9.32. The molecule has 0 saturated carbocycles. The molecule has 92 valence electrons. The second-order valence-corrected chi connectivity index (χ2v) is 3.49. The Morgan fingerprint density at radius 2 is 1.71 bits per heavy atom. The quantitative estimate of drug-likeness (QED) is 0.591. The molecular weight excluding hydrogens is 233 g/mol. The van der Waals surface area contributed by atoms with Gasteiger partial charge in [0, 0.05) is 14.1 Å². The van der Waals surface area contributed by atoms with Crippen molar-refractivity contribution in [2.24, 2.45) is 4.99 Å². The number of carbonyl (C=O) groups excluding carboxylic acids is 1.